The van der Waals surface area contributed by atoms with Gasteiger partial charge in [-0.1, -0.05) is 13.8 Å². The summed E-state index contributed by atoms with van der Waals surface area (Å²) in [4.78, 5) is 17.4. The molecule has 1 saturated heterocycles. The maximum Gasteiger partial charge on any atom is 0.255 e. The Balaban J connectivity index is 1.69. The van der Waals surface area contributed by atoms with E-state index in [-0.39, 0.29) is 11.7 Å². The largest absolute Gasteiger partial charge is 0.490 e. The summed E-state index contributed by atoms with van der Waals surface area (Å²) in [6.45, 7) is 12.0. The van der Waals surface area contributed by atoms with E-state index in [1.807, 2.05) is 26.0 Å². The zero-order valence-electron chi connectivity index (χ0n) is 15.9. The number of nitrogens with zero attached hydrogens (tertiary/aromatic N) is 1. The molecule has 1 aliphatic heterocycles. The summed E-state index contributed by atoms with van der Waals surface area (Å²) in [6, 6.07) is 3.99. The van der Waals surface area contributed by atoms with Crippen molar-refractivity contribution in [2.45, 2.75) is 53.1 Å². The van der Waals surface area contributed by atoms with Crippen LogP contribution in [0.25, 0.3) is 10.8 Å². The van der Waals surface area contributed by atoms with Gasteiger partial charge in [0.2, 0.25) is 0 Å². The molecule has 136 valence electrons. The van der Waals surface area contributed by atoms with Gasteiger partial charge in [-0.2, -0.15) is 0 Å². The third-order valence-electron chi connectivity index (χ3n) is 5.26. The van der Waals surface area contributed by atoms with Crippen molar-refractivity contribution in [3.8, 4) is 5.75 Å². The molecule has 4 heteroatoms. The first-order chi connectivity index (χ1) is 11.9. The minimum atomic E-state index is -0.0336. The number of fused-ring (bicyclic) bond motifs is 1. The summed E-state index contributed by atoms with van der Waals surface area (Å²) in [5.41, 5.74) is 2.07. The summed E-state index contributed by atoms with van der Waals surface area (Å²) in [5, 5.41) is 1.73. The number of ether oxygens (including phenoxy) is 1. The zero-order valence-corrected chi connectivity index (χ0v) is 15.9. The molecule has 0 bridgehead atoms. The van der Waals surface area contributed by atoms with Crippen LogP contribution in [0, 0.1) is 19.8 Å². The SMILES string of the molecule is Cc1cc2c(=O)[nH]cc(C)c2cc1OC1CCN(CCC(C)C)CC1. The molecule has 2 heterocycles. The topological polar surface area (TPSA) is 45.3 Å². The molecule has 1 fully saturated rings. The summed E-state index contributed by atoms with van der Waals surface area (Å²) < 4.78 is 6.32. The lowest BCUT2D eigenvalue weighted by molar-refractivity contribution is 0.0975. The minimum Gasteiger partial charge on any atom is -0.490 e. The van der Waals surface area contributed by atoms with E-state index in [0.717, 1.165) is 59.5 Å². The lowest BCUT2D eigenvalue weighted by Gasteiger charge is -2.32. The highest BCUT2D eigenvalue weighted by Gasteiger charge is 2.21. The van der Waals surface area contributed by atoms with Gasteiger partial charge in [-0.25, -0.2) is 0 Å². The fraction of sp³-hybridized carbons (Fsp3) is 0.571. The number of aryl methyl sites for hydroxylation is 2. The number of likely N-dealkylation sites (tertiary alicyclic amines) is 1. The van der Waals surface area contributed by atoms with Gasteiger partial charge in [0.05, 0.1) is 0 Å². The predicted molar refractivity (Wildman–Crippen MR) is 104 cm³/mol. The number of aromatic nitrogens is 1. The van der Waals surface area contributed by atoms with Crippen LogP contribution in [0.2, 0.25) is 0 Å². The molecule has 0 amide bonds. The van der Waals surface area contributed by atoms with E-state index in [0.29, 0.717) is 0 Å². The zero-order chi connectivity index (χ0) is 18.0. The van der Waals surface area contributed by atoms with E-state index in [9.17, 15) is 4.79 Å². The molecule has 0 spiro atoms. The second-order valence-electron chi connectivity index (χ2n) is 7.81. The molecule has 3 rings (SSSR count). The number of H-pyrrole nitrogens is 1. The summed E-state index contributed by atoms with van der Waals surface area (Å²) in [6.07, 6.45) is 5.46. The Labute approximate surface area is 150 Å². The first-order valence-corrected chi connectivity index (χ1v) is 9.45. The maximum atomic E-state index is 12.0. The number of rotatable bonds is 5. The van der Waals surface area contributed by atoms with Gasteiger partial charge in [0, 0.05) is 24.7 Å². The molecule has 0 saturated carbocycles. The molecule has 0 unspecified atom stereocenters. The van der Waals surface area contributed by atoms with Crippen molar-refractivity contribution in [2.75, 3.05) is 19.6 Å². The standard InChI is InChI=1S/C21H30N2O2/c1-14(2)5-8-23-9-6-17(7-10-23)25-20-12-18-16(4)13-22-21(24)19(18)11-15(20)3/h11-14,17H,5-10H2,1-4H3,(H,22,24). The average Bonchev–Trinajstić information content (AvgIpc) is 2.59. The first kappa shape index (κ1) is 18.0. The predicted octanol–water partition coefficient (Wildman–Crippen LogP) is 4.03. The molecular weight excluding hydrogens is 312 g/mol. The molecule has 1 aromatic carbocycles. The van der Waals surface area contributed by atoms with Gasteiger partial charge in [-0.05, 0) is 74.2 Å². The monoisotopic (exact) mass is 342 g/mol. The van der Waals surface area contributed by atoms with E-state index in [1.54, 1.807) is 6.20 Å². The quantitative estimate of drug-likeness (QED) is 0.892. The molecule has 1 aromatic heterocycles. The van der Waals surface area contributed by atoms with Gasteiger partial charge in [0.1, 0.15) is 11.9 Å². The van der Waals surface area contributed by atoms with Gasteiger partial charge in [0.25, 0.3) is 5.56 Å². The van der Waals surface area contributed by atoms with Gasteiger partial charge >= 0.3 is 0 Å². The number of nitrogens with one attached hydrogen (secondary N) is 1. The molecule has 4 nitrogen and oxygen atoms in total. The Hall–Kier alpha value is -1.81. The van der Waals surface area contributed by atoms with Crippen LogP contribution in [-0.4, -0.2) is 35.6 Å². The molecule has 0 atom stereocenters. The van der Waals surface area contributed by atoms with Crippen molar-refractivity contribution in [3.63, 3.8) is 0 Å². The minimum absolute atomic E-state index is 0.0336. The molecule has 0 radical (unpaired) electrons. The molecule has 25 heavy (non-hydrogen) atoms. The highest BCUT2D eigenvalue weighted by molar-refractivity contribution is 5.86. The molecular formula is C21H30N2O2. The van der Waals surface area contributed by atoms with E-state index in [1.165, 1.54) is 13.0 Å². The van der Waals surface area contributed by atoms with Crippen molar-refractivity contribution in [2.24, 2.45) is 5.92 Å². The third-order valence-corrected chi connectivity index (χ3v) is 5.26. The summed E-state index contributed by atoms with van der Waals surface area (Å²) in [7, 11) is 0. The lowest BCUT2D eigenvalue weighted by atomic mass is 10.0. The molecule has 1 aliphatic rings. The van der Waals surface area contributed by atoms with E-state index < -0.39 is 0 Å². The van der Waals surface area contributed by atoms with Gasteiger partial charge in [-0.15, -0.1) is 0 Å². The van der Waals surface area contributed by atoms with Crippen molar-refractivity contribution >= 4 is 10.8 Å². The van der Waals surface area contributed by atoms with Crippen LogP contribution >= 0.6 is 0 Å². The normalized spacial score (nSPS) is 16.7. The number of hydrogen-bond donors (Lipinski definition) is 1. The Morgan fingerprint density at radius 3 is 2.56 bits per heavy atom. The van der Waals surface area contributed by atoms with Crippen LogP contribution in [0.5, 0.6) is 5.75 Å². The number of benzene rings is 1. The maximum absolute atomic E-state index is 12.0. The first-order valence-electron chi connectivity index (χ1n) is 9.45. The highest BCUT2D eigenvalue weighted by Crippen LogP contribution is 2.28. The number of hydrogen-bond acceptors (Lipinski definition) is 3. The Morgan fingerprint density at radius 2 is 1.88 bits per heavy atom. The van der Waals surface area contributed by atoms with Crippen LogP contribution < -0.4 is 10.3 Å². The van der Waals surface area contributed by atoms with Crippen LogP contribution in [0.4, 0.5) is 0 Å². The van der Waals surface area contributed by atoms with Gasteiger partial charge in [0.15, 0.2) is 0 Å². The van der Waals surface area contributed by atoms with Crippen molar-refractivity contribution in [1.29, 1.82) is 0 Å². The fourth-order valence-electron chi connectivity index (χ4n) is 3.53. The summed E-state index contributed by atoms with van der Waals surface area (Å²) >= 11 is 0. The van der Waals surface area contributed by atoms with E-state index in [2.05, 4.69) is 23.7 Å². The Morgan fingerprint density at radius 1 is 1.16 bits per heavy atom. The van der Waals surface area contributed by atoms with Crippen LogP contribution in [0.15, 0.2) is 23.1 Å². The Bertz CT molecular complexity index is 786. The van der Waals surface area contributed by atoms with Crippen molar-refractivity contribution in [3.05, 3.63) is 39.8 Å². The smallest absolute Gasteiger partial charge is 0.255 e. The summed E-state index contributed by atoms with van der Waals surface area (Å²) in [5.74, 6) is 1.68. The number of aromatic amines is 1. The van der Waals surface area contributed by atoms with Crippen molar-refractivity contribution < 1.29 is 4.74 Å². The molecule has 2 aromatic rings. The van der Waals surface area contributed by atoms with Gasteiger partial charge in [-0.3, -0.25) is 4.79 Å². The van der Waals surface area contributed by atoms with Crippen LogP contribution in [0.3, 0.4) is 0 Å². The average molecular weight is 342 g/mol. The highest BCUT2D eigenvalue weighted by atomic mass is 16.5. The second kappa shape index (κ2) is 7.61. The van der Waals surface area contributed by atoms with E-state index in [4.69, 9.17) is 4.74 Å². The van der Waals surface area contributed by atoms with Gasteiger partial charge < -0.3 is 14.6 Å². The van der Waals surface area contributed by atoms with E-state index >= 15 is 0 Å². The lowest BCUT2D eigenvalue weighted by Crippen LogP contribution is -2.39. The second-order valence-corrected chi connectivity index (χ2v) is 7.81. The number of piperidine rings is 1. The fourth-order valence-corrected chi connectivity index (χ4v) is 3.53. The molecule has 1 N–H and O–H groups in total. The Kier molecular flexibility index (Phi) is 5.48. The van der Waals surface area contributed by atoms with Crippen molar-refractivity contribution in [1.82, 2.24) is 9.88 Å². The number of pyridine rings is 1. The molecule has 0 aliphatic carbocycles. The van der Waals surface area contributed by atoms with Crippen LogP contribution in [-0.2, 0) is 0 Å². The third kappa shape index (κ3) is 4.24. The van der Waals surface area contributed by atoms with Crippen LogP contribution in [0.1, 0.15) is 44.2 Å².